The highest BCUT2D eigenvalue weighted by Gasteiger charge is 2.30. The molecule has 0 aromatic heterocycles. The maximum Gasteiger partial charge on any atom is 0.227 e. The van der Waals surface area contributed by atoms with Crippen LogP contribution in [0.1, 0.15) is 31.2 Å². The van der Waals surface area contributed by atoms with Gasteiger partial charge in [-0.2, -0.15) is 0 Å². The van der Waals surface area contributed by atoms with E-state index in [1.165, 1.54) is 5.56 Å². The molecule has 2 aliphatic heterocycles. The number of nitrogens with one attached hydrogen (secondary N) is 1. The predicted molar refractivity (Wildman–Crippen MR) is 91.7 cm³/mol. The van der Waals surface area contributed by atoms with Gasteiger partial charge in [-0.15, -0.1) is 0 Å². The van der Waals surface area contributed by atoms with Gasteiger partial charge in [0, 0.05) is 26.1 Å². The Labute approximate surface area is 143 Å². The van der Waals surface area contributed by atoms with Crippen molar-refractivity contribution in [1.29, 1.82) is 0 Å². The summed E-state index contributed by atoms with van der Waals surface area (Å²) in [4.78, 5) is 25.8. The molecule has 2 heterocycles. The van der Waals surface area contributed by atoms with E-state index in [9.17, 15) is 9.59 Å². The summed E-state index contributed by atoms with van der Waals surface area (Å²) in [6, 6.07) is 8.17. The van der Waals surface area contributed by atoms with E-state index in [-0.39, 0.29) is 17.7 Å². The summed E-state index contributed by atoms with van der Waals surface area (Å²) in [6.07, 6.45) is 4.23. The van der Waals surface area contributed by atoms with Crippen molar-refractivity contribution in [2.45, 2.75) is 32.1 Å². The average molecular weight is 330 g/mol. The molecule has 1 N–H and O–H groups in total. The van der Waals surface area contributed by atoms with Crippen molar-refractivity contribution in [3.63, 3.8) is 0 Å². The van der Waals surface area contributed by atoms with Gasteiger partial charge in [0.15, 0.2) is 0 Å². The molecule has 2 fully saturated rings. The second kappa shape index (κ2) is 7.69. The maximum absolute atomic E-state index is 12.6. The fourth-order valence-corrected chi connectivity index (χ4v) is 3.74. The molecule has 24 heavy (non-hydrogen) atoms. The highest BCUT2D eigenvalue weighted by Crippen LogP contribution is 2.27. The van der Waals surface area contributed by atoms with Crippen molar-refractivity contribution in [2.75, 3.05) is 26.7 Å². The minimum absolute atomic E-state index is 0.0338. The number of benzene rings is 1. The lowest BCUT2D eigenvalue weighted by molar-refractivity contribution is -0.138. The lowest BCUT2D eigenvalue weighted by Gasteiger charge is -2.35. The molecule has 0 unspecified atom stereocenters. The van der Waals surface area contributed by atoms with Gasteiger partial charge >= 0.3 is 0 Å². The van der Waals surface area contributed by atoms with Crippen LogP contribution in [0.4, 0.5) is 0 Å². The fraction of sp³-hybridized carbons (Fsp3) is 0.579. The topological polar surface area (TPSA) is 58.6 Å². The third-order valence-corrected chi connectivity index (χ3v) is 5.24. The zero-order valence-electron chi connectivity index (χ0n) is 14.3. The monoisotopic (exact) mass is 330 g/mol. The van der Waals surface area contributed by atoms with Crippen LogP contribution in [0.25, 0.3) is 0 Å². The van der Waals surface area contributed by atoms with Crippen LogP contribution in [-0.2, 0) is 16.0 Å². The lowest BCUT2D eigenvalue weighted by atomic mass is 9.88. The summed E-state index contributed by atoms with van der Waals surface area (Å²) in [5, 5.41) is 2.81. The molecule has 130 valence electrons. The Kier molecular flexibility index (Phi) is 5.38. The molecule has 0 aliphatic carbocycles. The Bertz CT molecular complexity index is 584. The Hall–Kier alpha value is -2.04. The highest BCUT2D eigenvalue weighted by atomic mass is 16.5. The van der Waals surface area contributed by atoms with Gasteiger partial charge in [-0.05, 0) is 43.2 Å². The predicted octanol–water partition coefficient (Wildman–Crippen LogP) is 2.00. The largest absolute Gasteiger partial charge is 0.496 e. The lowest BCUT2D eigenvalue weighted by Crippen LogP contribution is -2.47. The number of carbonyl (C=O) groups is 2. The Morgan fingerprint density at radius 3 is 2.67 bits per heavy atom. The summed E-state index contributed by atoms with van der Waals surface area (Å²) >= 11 is 0. The molecule has 3 rings (SSSR count). The highest BCUT2D eigenvalue weighted by molar-refractivity contribution is 5.83. The number of hydrogen-bond acceptors (Lipinski definition) is 3. The van der Waals surface area contributed by atoms with E-state index >= 15 is 0 Å². The second-order valence-corrected chi connectivity index (χ2v) is 6.82. The molecule has 5 heteroatoms. The van der Waals surface area contributed by atoms with Crippen molar-refractivity contribution in [1.82, 2.24) is 10.2 Å². The summed E-state index contributed by atoms with van der Waals surface area (Å²) < 4.78 is 5.44. The molecule has 1 atom stereocenters. The minimum atomic E-state index is -0.0338. The van der Waals surface area contributed by atoms with Crippen LogP contribution < -0.4 is 10.1 Å². The average Bonchev–Trinajstić information content (AvgIpc) is 2.63. The van der Waals surface area contributed by atoms with E-state index in [0.29, 0.717) is 25.3 Å². The summed E-state index contributed by atoms with van der Waals surface area (Å²) in [5.74, 6) is 1.79. The zero-order valence-corrected chi connectivity index (χ0v) is 14.3. The smallest absolute Gasteiger partial charge is 0.227 e. The molecule has 2 saturated heterocycles. The van der Waals surface area contributed by atoms with Crippen LogP contribution >= 0.6 is 0 Å². The molecular formula is C19H26N2O3. The van der Waals surface area contributed by atoms with Crippen LogP contribution in [0.3, 0.4) is 0 Å². The number of methoxy groups -OCH3 is 1. The first-order valence-corrected chi connectivity index (χ1v) is 8.84. The number of hydrogen-bond donors (Lipinski definition) is 1. The van der Waals surface area contributed by atoms with Crippen molar-refractivity contribution in [3.8, 4) is 5.75 Å². The van der Waals surface area contributed by atoms with Crippen molar-refractivity contribution < 1.29 is 14.3 Å². The number of piperidine rings is 2. The van der Waals surface area contributed by atoms with Gasteiger partial charge in [0.05, 0.1) is 13.0 Å². The van der Waals surface area contributed by atoms with E-state index in [2.05, 4.69) is 11.4 Å². The number of rotatable bonds is 4. The maximum atomic E-state index is 12.6. The summed E-state index contributed by atoms with van der Waals surface area (Å²) in [5.41, 5.74) is 1.25. The van der Waals surface area contributed by atoms with Crippen molar-refractivity contribution in [3.05, 3.63) is 29.8 Å². The number of nitrogens with zero attached hydrogens (tertiary/aromatic N) is 1. The summed E-state index contributed by atoms with van der Waals surface area (Å²) in [6.45, 7) is 2.14. The van der Waals surface area contributed by atoms with E-state index in [0.717, 1.165) is 38.1 Å². The van der Waals surface area contributed by atoms with Gasteiger partial charge < -0.3 is 15.0 Å². The number of ether oxygens (including phenoxy) is 1. The van der Waals surface area contributed by atoms with Gasteiger partial charge in [-0.3, -0.25) is 9.59 Å². The molecule has 1 aromatic rings. The standard InChI is InChI=1S/C19H26N2O3/c1-24-17-5-3-2-4-15(17)12-14-8-10-21(11-9-14)19(23)16-6-7-18(22)20-13-16/h2-5,14,16H,6-13H2,1H3,(H,20,22)/t16-/m1/s1. The van der Waals surface area contributed by atoms with Crippen LogP contribution in [-0.4, -0.2) is 43.5 Å². The van der Waals surface area contributed by atoms with Crippen molar-refractivity contribution in [2.24, 2.45) is 11.8 Å². The molecule has 5 nitrogen and oxygen atoms in total. The van der Waals surface area contributed by atoms with Crippen LogP contribution in [0.5, 0.6) is 5.75 Å². The van der Waals surface area contributed by atoms with E-state index < -0.39 is 0 Å². The molecule has 0 spiro atoms. The molecule has 1 aromatic carbocycles. The van der Waals surface area contributed by atoms with E-state index in [4.69, 9.17) is 4.74 Å². The Morgan fingerprint density at radius 2 is 2.00 bits per heavy atom. The van der Waals surface area contributed by atoms with Crippen LogP contribution in [0.15, 0.2) is 24.3 Å². The first kappa shape index (κ1) is 16.8. The Balaban J connectivity index is 1.50. The number of carbonyl (C=O) groups excluding carboxylic acids is 2. The normalized spacial score (nSPS) is 22.1. The zero-order chi connectivity index (χ0) is 16.9. The van der Waals surface area contributed by atoms with Gasteiger partial charge in [-0.25, -0.2) is 0 Å². The molecule has 0 saturated carbocycles. The second-order valence-electron chi connectivity index (χ2n) is 6.82. The first-order valence-electron chi connectivity index (χ1n) is 8.84. The van der Waals surface area contributed by atoms with Crippen LogP contribution in [0.2, 0.25) is 0 Å². The number of likely N-dealkylation sites (tertiary alicyclic amines) is 1. The van der Waals surface area contributed by atoms with Gasteiger partial charge in [0.1, 0.15) is 5.75 Å². The molecular weight excluding hydrogens is 304 g/mol. The summed E-state index contributed by atoms with van der Waals surface area (Å²) in [7, 11) is 1.71. The van der Waals surface area contributed by atoms with Gasteiger partial charge in [0.25, 0.3) is 0 Å². The third-order valence-electron chi connectivity index (χ3n) is 5.24. The fourth-order valence-electron chi connectivity index (χ4n) is 3.74. The number of amides is 2. The molecule has 2 aliphatic rings. The third kappa shape index (κ3) is 3.89. The molecule has 0 bridgehead atoms. The van der Waals surface area contributed by atoms with E-state index in [1.807, 2.05) is 23.1 Å². The van der Waals surface area contributed by atoms with Crippen molar-refractivity contribution >= 4 is 11.8 Å². The Morgan fingerprint density at radius 1 is 1.25 bits per heavy atom. The van der Waals surface area contributed by atoms with Gasteiger partial charge in [-0.1, -0.05) is 18.2 Å². The van der Waals surface area contributed by atoms with Gasteiger partial charge in [0.2, 0.25) is 11.8 Å². The minimum Gasteiger partial charge on any atom is -0.496 e. The van der Waals surface area contributed by atoms with E-state index in [1.54, 1.807) is 7.11 Å². The quantitative estimate of drug-likeness (QED) is 0.919. The SMILES string of the molecule is COc1ccccc1CC1CCN(C(=O)[C@@H]2CCC(=O)NC2)CC1. The first-order chi connectivity index (χ1) is 11.7. The molecule has 0 radical (unpaired) electrons. The molecule has 2 amide bonds. The number of para-hydroxylation sites is 1. The van der Waals surface area contributed by atoms with Crippen LogP contribution in [0, 0.1) is 11.8 Å².